The Balaban J connectivity index is 1.82. The van der Waals surface area contributed by atoms with E-state index in [1.807, 2.05) is 6.92 Å². The van der Waals surface area contributed by atoms with Crippen molar-refractivity contribution in [2.75, 3.05) is 6.54 Å². The first-order chi connectivity index (χ1) is 10.6. The zero-order valence-corrected chi connectivity index (χ0v) is 12.9. The van der Waals surface area contributed by atoms with Gasteiger partial charge in [0.15, 0.2) is 5.82 Å². The molecule has 0 radical (unpaired) electrons. The summed E-state index contributed by atoms with van der Waals surface area (Å²) in [7, 11) is 0. The predicted octanol–water partition coefficient (Wildman–Crippen LogP) is 1.77. The number of thiophene rings is 1. The molecule has 0 aromatic carbocycles. The van der Waals surface area contributed by atoms with Crippen molar-refractivity contribution in [2.24, 2.45) is 5.73 Å². The Kier molecular flexibility index (Phi) is 3.93. The molecule has 1 atom stereocenters. The van der Waals surface area contributed by atoms with E-state index in [0.717, 1.165) is 12.8 Å². The van der Waals surface area contributed by atoms with Crippen molar-refractivity contribution in [2.45, 2.75) is 32.2 Å². The maximum absolute atomic E-state index is 12.6. The van der Waals surface area contributed by atoms with E-state index in [9.17, 15) is 9.59 Å². The fourth-order valence-electron chi connectivity index (χ4n) is 2.54. The summed E-state index contributed by atoms with van der Waals surface area (Å²) >= 11 is 1.22. The van der Waals surface area contributed by atoms with Gasteiger partial charge in [0.1, 0.15) is 0 Å². The van der Waals surface area contributed by atoms with E-state index in [1.165, 1.54) is 11.3 Å². The highest BCUT2D eigenvalue weighted by atomic mass is 32.1. The summed E-state index contributed by atoms with van der Waals surface area (Å²) in [5, 5.41) is 5.58. The quantitative estimate of drug-likeness (QED) is 0.925. The Morgan fingerprint density at radius 3 is 3.00 bits per heavy atom. The molecule has 2 aromatic heterocycles. The molecule has 1 fully saturated rings. The first-order valence-electron chi connectivity index (χ1n) is 7.12. The van der Waals surface area contributed by atoms with E-state index in [4.69, 9.17) is 10.3 Å². The molecule has 2 aromatic rings. The first kappa shape index (κ1) is 14.7. The molecule has 1 saturated heterocycles. The normalized spacial score (nSPS) is 17.9. The minimum Gasteiger partial charge on any atom is -0.366 e. The van der Waals surface area contributed by atoms with Gasteiger partial charge in [0.2, 0.25) is 11.8 Å². The van der Waals surface area contributed by atoms with E-state index in [-0.39, 0.29) is 11.9 Å². The molecule has 2 amide bonds. The average Bonchev–Trinajstić information content (AvgIpc) is 3.24. The van der Waals surface area contributed by atoms with Gasteiger partial charge in [-0.15, -0.1) is 11.3 Å². The van der Waals surface area contributed by atoms with Gasteiger partial charge in [-0.05, 0) is 18.9 Å². The number of nitrogens with two attached hydrogens (primary N) is 1. The van der Waals surface area contributed by atoms with Gasteiger partial charge in [-0.2, -0.15) is 4.98 Å². The lowest BCUT2D eigenvalue weighted by molar-refractivity contribution is 0.0733. The molecule has 0 bridgehead atoms. The minimum absolute atomic E-state index is 0.122. The summed E-state index contributed by atoms with van der Waals surface area (Å²) in [5.41, 5.74) is 5.59. The monoisotopic (exact) mass is 320 g/mol. The predicted molar refractivity (Wildman–Crippen MR) is 79.5 cm³/mol. The van der Waals surface area contributed by atoms with Crippen LogP contribution in [0.5, 0.6) is 0 Å². The summed E-state index contributed by atoms with van der Waals surface area (Å²) in [5.74, 6) is 0.470. The number of primary amides is 1. The van der Waals surface area contributed by atoms with Crippen molar-refractivity contribution in [3.8, 4) is 0 Å². The number of amides is 2. The minimum atomic E-state index is -0.529. The fraction of sp³-hybridized carbons (Fsp3) is 0.429. The van der Waals surface area contributed by atoms with E-state index >= 15 is 0 Å². The molecule has 0 unspecified atom stereocenters. The van der Waals surface area contributed by atoms with Crippen LogP contribution in [0.1, 0.15) is 57.6 Å². The third-order valence-corrected chi connectivity index (χ3v) is 4.61. The van der Waals surface area contributed by atoms with Crippen LogP contribution in [0.3, 0.4) is 0 Å². The zero-order valence-electron chi connectivity index (χ0n) is 12.1. The maximum atomic E-state index is 12.6. The number of rotatable bonds is 4. The average molecular weight is 320 g/mol. The van der Waals surface area contributed by atoms with Crippen LogP contribution < -0.4 is 5.73 Å². The zero-order chi connectivity index (χ0) is 15.7. The SMILES string of the molecule is CCc1nc([C@H]2CCCN2C(=O)c2cc(C(N)=O)cs2)no1. The van der Waals surface area contributed by atoms with Gasteiger partial charge in [-0.25, -0.2) is 0 Å². The van der Waals surface area contributed by atoms with Crippen LogP contribution in [0.2, 0.25) is 0 Å². The molecule has 1 aliphatic rings. The van der Waals surface area contributed by atoms with Gasteiger partial charge in [-0.1, -0.05) is 12.1 Å². The molecule has 8 heteroatoms. The van der Waals surface area contributed by atoms with Crippen molar-refractivity contribution in [3.05, 3.63) is 33.6 Å². The molecule has 0 saturated carbocycles. The van der Waals surface area contributed by atoms with Crippen LogP contribution in [0, 0.1) is 0 Å². The smallest absolute Gasteiger partial charge is 0.264 e. The van der Waals surface area contributed by atoms with Crippen molar-refractivity contribution in [3.63, 3.8) is 0 Å². The standard InChI is InChI=1S/C14H16N4O3S/c1-2-11-16-13(17-21-11)9-4-3-5-18(9)14(20)10-6-8(7-22-10)12(15)19/h6-7,9H,2-5H2,1H3,(H2,15,19)/t9-/m1/s1. The summed E-state index contributed by atoms with van der Waals surface area (Å²) in [6.45, 7) is 2.58. The Morgan fingerprint density at radius 2 is 2.36 bits per heavy atom. The number of likely N-dealkylation sites (tertiary alicyclic amines) is 1. The van der Waals surface area contributed by atoms with Crippen molar-refractivity contribution < 1.29 is 14.1 Å². The van der Waals surface area contributed by atoms with Gasteiger partial charge in [0.05, 0.1) is 16.5 Å². The van der Waals surface area contributed by atoms with E-state index in [1.54, 1.807) is 16.3 Å². The summed E-state index contributed by atoms with van der Waals surface area (Å²) in [6.07, 6.45) is 2.36. The topological polar surface area (TPSA) is 102 Å². The molecule has 3 rings (SSSR count). The van der Waals surface area contributed by atoms with E-state index in [2.05, 4.69) is 10.1 Å². The lowest BCUT2D eigenvalue weighted by Gasteiger charge is -2.21. The van der Waals surface area contributed by atoms with Gasteiger partial charge >= 0.3 is 0 Å². The molecular weight excluding hydrogens is 304 g/mol. The molecule has 2 N–H and O–H groups in total. The number of hydrogen-bond donors (Lipinski definition) is 1. The maximum Gasteiger partial charge on any atom is 0.264 e. The number of aromatic nitrogens is 2. The summed E-state index contributed by atoms with van der Waals surface area (Å²) in [6, 6.07) is 1.37. The highest BCUT2D eigenvalue weighted by Crippen LogP contribution is 2.32. The lowest BCUT2D eigenvalue weighted by Crippen LogP contribution is -2.30. The molecule has 7 nitrogen and oxygen atoms in total. The Bertz CT molecular complexity index is 709. The molecule has 0 aliphatic carbocycles. The van der Waals surface area contributed by atoms with Crippen molar-refractivity contribution in [1.29, 1.82) is 0 Å². The highest BCUT2D eigenvalue weighted by Gasteiger charge is 2.34. The van der Waals surface area contributed by atoms with Crippen LogP contribution >= 0.6 is 11.3 Å². The Labute approximate surface area is 131 Å². The number of carbonyl (C=O) groups is 2. The third-order valence-electron chi connectivity index (χ3n) is 3.69. The molecule has 3 heterocycles. The molecule has 116 valence electrons. The summed E-state index contributed by atoms with van der Waals surface area (Å²) < 4.78 is 5.14. The van der Waals surface area contributed by atoms with Gasteiger partial charge in [-0.3, -0.25) is 9.59 Å². The van der Waals surface area contributed by atoms with Crippen LogP contribution in [0.25, 0.3) is 0 Å². The number of hydrogen-bond acceptors (Lipinski definition) is 6. The third kappa shape index (κ3) is 2.61. The second kappa shape index (κ2) is 5.88. The second-order valence-electron chi connectivity index (χ2n) is 5.12. The van der Waals surface area contributed by atoms with E-state index in [0.29, 0.717) is 35.1 Å². The van der Waals surface area contributed by atoms with Crippen molar-refractivity contribution in [1.82, 2.24) is 15.0 Å². The van der Waals surface area contributed by atoms with Gasteiger partial charge < -0.3 is 15.2 Å². The van der Waals surface area contributed by atoms with Crippen LogP contribution in [-0.4, -0.2) is 33.4 Å². The number of nitrogens with zero attached hydrogens (tertiary/aromatic N) is 3. The van der Waals surface area contributed by atoms with Gasteiger partial charge in [0.25, 0.3) is 5.91 Å². The fourth-order valence-corrected chi connectivity index (χ4v) is 3.40. The highest BCUT2D eigenvalue weighted by molar-refractivity contribution is 7.12. The molecular formula is C14H16N4O3S. The summed E-state index contributed by atoms with van der Waals surface area (Å²) in [4.78, 5) is 30.4. The van der Waals surface area contributed by atoms with E-state index < -0.39 is 5.91 Å². The lowest BCUT2D eigenvalue weighted by atomic mass is 10.2. The second-order valence-corrected chi connectivity index (χ2v) is 6.03. The van der Waals surface area contributed by atoms with Gasteiger partial charge in [0, 0.05) is 18.3 Å². The van der Waals surface area contributed by atoms with Crippen LogP contribution in [-0.2, 0) is 6.42 Å². The molecule has 1 aliphatic heterocycles. The molecule has 0 spiro atoms. The largest absolute Gasteiger partial charge is 0.366 e. The number of carbonyl (C=O) groups excluding carboxylic acids is 2. The van der Waals surface area contributed by atoms with Crippen LogP contribution in [0.4, 0.5) is 0 Å². The Morgan fingerprint density at radius 1 is 1.55 bits per heavy atom. The molecule has 22 heavy (non-hydrogen) atoms. The first-order valence-corrected chi connectivity index (χ1v) is 8.00. The van der Waals surface area contributed by atoms with Crippen LogP contribution in [0.15, 0.2) is 16.0 Å². The van der Waals surface area contributed by atoms with Crippen molar-refractivity contribution >= 4 is 23.2 Å². The Hall–Kier alpha value is -2.22. The number of aryl methyl sites for hydroxylation is 1.